The molecule has 1 nitrogen and oxygen atoms in total. The van der Waals surface area contributed by atoms with E-state index in [1.165, 1.54) is 28.9 Å². The van der Waals surface area contributed by atoms with Crippen LogP contribution in [0.1, 0.15) is 31.4 Å². The van der Waals surface area contributed by atoms with Gasteiger partial charge in [-0.1, -0.05) is 37.6 Å². The van der Waals surface area contributed by atoms with Gasteiger partial charge in [0.05, 0.1) is 0 Å². The zero-order valence-corrected chi connectivity index (χ0v) is 12.2. The summed E-state index contributed by atoms with van der Waals surface area (Å²) in [5.41, 5.74) is 5.27. The summed E-state index contributed by atoms with van der Waals surface area (Å²) in [7, 11) is 0. The van der Waals surface area contributed by atoms with Crippen LogP contribution in [0.15, 0.2) is 48.5 Å². The molecule has 0 aliphatic heterocycles. The largest absolute Gasteiger partial charge is 0.342 e. The molecule has 0 aliphatic rings. The lowest BCUT2D eigenvalue weighted by atomic mass is 10.1. The van der Waals surface area contributed by atoms with Crippen LogP contribution in [0.3, 0.4) is 0 Å². The maximum atomic E-state index is 2.35. The van der Waals surface area contributed by atoms with Gasteiger partial charge in [-0.05, 0) is 55.7 Å². The molecule has 0 bridgehead atoms. The normalized spacial score (nSPS) is 10.5. The van der Waals surface area contributed by atoms with Crippen molar-refractivity contribution in [2.24, 2.45) is 0 Å². The quantitative estimate of drug-likeness (QED) is 0.716. The van der Waals surface area contributed by atoms with Crippen LogP contribution in [0.2, 0.25) is 0 Å². The Hall–Kier alpha value is -1.76. The topological polar surface area (TPSA) is 3.24 Å². The van der Waals surface area contributed by atoms with E-state index in [9.17, 15) is 0 Å². The minimum Gasteiger partial charge on any atom is -0.342 e. The molecule has 0 amide bonds. The van der Waals surface area contributed by atoms with Gasteiger partial charge in [-0.2, -0.15) is 0 Å². The first kappa shape index (κ1) is 13.7. The first-order valence-electron chi connectivity index (χ1n) is 7.17. The van der Waals surface area contributed by atoms with E-state index in [1.54, 1.807) is 0 Å². The fraction of sp³-hybridized carbons (Fsp3) is 0.333. The molecule has 0 aromatic heterocycles. The smallest absolute Gasteiger partial charge is 0.0413 e. The van der Waals surface area contributed by atoms with Crippen molar-refractivity contribution in [2.45, 2.75) is 33.6 Å². The molecule has 0 radical (unpaired) electrons. The molecule has 0 unspecified atom stereocenters. The molecular weight excluding hydrogens is 230 g/mol. The summed E-state index contributed by atoms with van der Waals surface area (Å²) < 4.78 is 0. The Labute approximate surface area is 116 Å². The summed E-state index contributed by atoms with van der Waals surface area (Å²) in [5, 5.41) is 0. The van der Waals surface area contributed by atoms with Gasteiger partial charge in [0, 0.05) is 17.9 Å². The second-order valence-electron chi connectivity index (χ2n) is 5.00. The minimum absolute atomic E-state index is 0.983. The fourth-order valence-electron chi connectivity index (χ4n) is 2.44. The second-order valence-corrected chi connectivity index (χ2v) is 5.00. The molecule has 0 heterocycles. The Kier molecular flexibility index (Phi) is 4.62. The van der Waals surface area contributed by atoms with Crippen LogP contribution in [-0.4, -0.2) is 6.54 Å². The van der Waals surface area contributed by atoms with Crippen LogP contribution >= 0.6 is 0 Å². The van der Waals surface area contributed by atoms with E-state index >= 15 is 0 Å². The Morgan fingerprint density at radius 2 is 1.63 bits per heavy atom. The first-order chi connectivity index (χ1) is 9.24. The number of rotatable bonds is 5. The molecule has 19 heavy (non-hydrogen) atoms. The van der Waals surface area contributed by atoms with Gasteiger partial charge in [-0.15, -0.1) is 0 Å². The van der Waals surface area contributed by atoms with Crippen LogP contribution in [0.25, 0.3) is 0 Å². The number of anilines is 2. The van der Waals surface area contributed by atoms with Crippen molar-refractivity contribution in [2.75, 3.05) is 11.4 Å². The number of hydrogen-bond donors (Lipinski definition) is 0. The molecule has 0 aliphatic carbocycles. The van der Waals surface area contributed by atoms with Crippen molar-refractivity contribution in [3.8, 4) is 0 Å². The SMILES string of the molecule is CCCc1ccc(N(CC)c2cccc(C)c2)cc1. The number of hydrogen-bond acceptors (Lipinski definition) is 1. The van der Waals surface area contributed by atoms with Gasteiger partial charge in [0.1, 0.15) is 0 Å². The van der Waals surface area contributed by atoms with Gasteiger partial charge in [-0.25, -0.2) is 0 Å². The molecule has 0 saturated carbocycles. The highest BCUT2D eigenvalue weighted by molar-refractivity contribution is 5.63. The van der Waals surface area contributed by atoms with E-state index in [-0.39, 0.29) is 0 Å². The fourth-order valence-corrected chi connectivity index (χ4v) is 2.44. The van der Waals surface area contributed by atoms with Crippen molar-refractivity contribution in [3.63, 3.8) is 0 Å². The van der Waals surface area contributed by atoms with Gasteiger partial charge in [-0.3, -0.25) is 0 Å². The summed E-state index contributed by atoms with van der Waals surface area (Å²) in [4.78, 5) is 2.35. The molecule has 1 heteroatoms. The predicted molar refractivity (Wildman–Crippen MR) is 84.3 cm³/mol. The second kappa shape index (κ2) is 6.42. The van der Waals surface area contributed by atoms with Crippen molar-refractivity contribution in [3.05, 3.63) is 59.7 Å². The molecule has 0 spiro atoms. The monoisotopic (exact) mass is 253 g/mol. The third kappa shape index (κ3) is 3.37. The summed E-state index contributed by atoms with van der Waals surface area (Å²) in [5.74, 6) is 0. The number of nitrogens with zero attached hydrogens (tertiary/aromatic N) is 1. The van der Waals surface area contributed by atoms with E-state index in [4.69, 9.17) is 0 Å². The summed E-state index contributed by atoms with van der Waals surface area (Å²) in [6, 6.07) is 17.6. The lowest BCUT2D eigenvalue weighted by molar-refractivity contribution is 0.920. The summed E-state index contributed by atoms with van der Waals surface area (Å²) in [6.07, 6.45) is 2.37. The Bertz CT molecular complexity index is 513. The highest BCUT2D eigenvalue weighted by Crippen LogP contribution is 2.26. The number of benzene rings is 2. The molecule has 2 rings (SSSR count). The first-order valence-corrected chi connectivity index (χ1v) is 7.17. The third-order valence-corrected chi connectivity index (χ3v) is 3.42. The van der Waals surface area contributed by atoms with Gasteiger partial charge >= 0.3 is 0 Å². The van der Waals surface area contributed by atoms with Crippen molar-refractivity contribution < 1.29 is 0 Å². The average Bonchev–Trinajstić information content (AvgIpc) is 2.42. The highest BCUT2D eigenvalue weighted by atomic mass is 15.1. The van der Waals surface area contributed by atoms with E-state index in [0.29, 0.717) is 0 Å². The minimum atomic E-state index is 0.983. The molecule has 2 aromatic carbocycles. The van der Waals surface area contributed by atoms with Crippen LogP contribution in [0.4, 0.5) is 11.4 Å². The van der Waals surface area contributed by atoms with E-state index in [0.717, 1.165) is 13.0 Å². The van der Waals surface area contributed by atoms with Gasteiger partial charge in [0.25, 0.3) is 0 Å². The molecule has 2 aromatic rings. The number of aryl methyl sites for hydroxylation is 2. The average molecular weight is 253 g/mol. The van der Waals surface area contributed by atoms with Crippen LogP contribution in [0.5, 0.6) is 0 Å². The third-order valence-electron chi connectivity index (χ3n) is 3.42. The molecule has 100 valence electrons. The van der Waals surface area contributed by atoms with Gasteiger partial charge in [0.2, 0.25) is 0 Å². The predicted octanol–water partition coefficient (Wildman–Crippen LogP) is 5.11. The van der Waals surface area contributed by atoms with Crippen molar-refractivity contribution in [1.82, 2.24) is 0 Å². The molecule has 0 N–H and O–H groups in total. The van der Waals surface area contributed by atoms with Crippen LogP contribution in [-0.2, 0) is 6.42 Å². The maximum Gasteiger partial charge on any atom is 0.0413 e. The highest BCUT2D eigenvalue weighted by Gasteiger charge is 2.06. The lowest BCUT2D eigenvalue weighted by Gasteiger charge is -2.24. The zero-order valence-electron chi connectivity index (χ0n) is 12.2. The zero-order chi connectivity index (χ0) is 13.7. The Morgan fingerprint density at radius 3 is 2.21 bits per heavy atom. The molecule has 0 atom stereocenters. The Morgan fingerprint density at radius 1 is 0.895 bits per heavy atom. The maximum absolute atomic E-state index is 2.35. The summed E-state index contributed by atoms with van der Waals surface area (Å²) in [6.45, 7) is 7.54. The van der Waals surface area contributed by atoms with E-state index in [2.05, 4.69) is 74.2 Å². The molecule has 0 fully saturated rings. The van der Waals surface area contributed by atoms with Crippen molar-refractivity contribution in [1.29, 1.82) is 0 Å². The van der Waals surface area contributed by atoms with E-state index < -0.39 is 0 Å². The van der Waals surface area contributed by atoms with Crippen LogP contribution < -0.4 is 4.90 Å². The lowest BCUT2D eigenvalue weighted by Crippen LogP contribution is -2.15. The van der Waals surface area contributed by atoms with Gasteiger partial charge in [0.15, 0.2) is 0 Å². The Balaban J connectivity index is 2.26. The molecule has 0 saturated heterocycles. The standard InChI is InChI=1S/C18H23N/c1-4-7-16-10-12-17(13-11-16)19(5-2)18-9-6-8-15(3)14-18/h6,8-14H,4-5,7H2,1-3H3. The van der Waals surface area contributed by atoms with E-state index in [1.807, 2.05) is 0 Å². The van der Waals surface area contributed by atoms with Crippen LogP contribution in [0, 0.1) is 6.92 Å². The molecular formula is C18H23N. The van der Waals surface area contributed by atoms with Crippen molar-refractivity contribution >= 4 is 11.4 Å². The van der Waals surface area contributed by atoms with Gasteiger partial charge < -0.3 is 4.90 Å². The summed E-state index contributed by atoms with van der Waals surface area (Å²) >= 11 is 0.